The van der Waals surface area contributed by atoms with Gasteiger partial charge in [0, 0.05) is 23.8 Å². The standard InChI is InChI=1S/C18H24N2O4.C4H11N/c1-7-14-10-13(9-12(3)16(21)23-8-2)11-19-15(14)20-17(22)24-18(4,5)6;1-3-5-4-2/h7,10-11H,1,3,8-9H2,2,4-6H3,(H,19,20,22);5H,3-4H2,1-2H3. The zero-order valence-corrected chi connectivity index (χ0v) is 18.6. The molecule has 0 fully saturated rings. The minimum Gasteiger partial charge on any atom is -0.463 e. The van der Waals surface area contributed by atoms with Crippen LogP contribution in [-0.2, 0) is 20.7 Å². The Labute approximate surface area is 174 Å². The van der Waals surface area contributed by atoms with E-state index in [9.17, 15) is 9.59 Å². The molecule has 1 amide bonds. The molecule has 7 nitrogen and oxygen atoms in total. The van der Waals surface area contributed by atoms with Crippen molar-refractivity contribution in [3.63, 3.8) is 0 Å². The van der Waals surface area contributed by atoms with Crippen LogP contribution in [0.4, 0.5) is 10.6 Å². The van der Waals surface area contributed by atoms with Crippen molar-refractivity contribution < 1.29 is 19.1 Å². The number of hydrogen-bond acceptors (Lipinski definition) is 6. The van der Waals surface area contributed by atoms with Gasteiger partial charge in [-0.2, -0.15) is 0 Å². The minimum atomic E-state index is -0.601. The summed E-state index contributed by atoms with van der Waals surface area (Å²) in [5.41, 5.74) is 1.12. The molecule has 0 saturated carbocycles. The summed E-state index contributed by atoms with van der Waals surface area (Å²) in [6.07, 6.45) is 2.83. The molecule has 7 heteroatoms. The summed E-state index contributed by atoms with van der Waals surface area (Å²) < 4.78 is 10.1. The van der Waals surface area contributed by atoms with E-state index in [0.717, 1.165) is 18.7 Å². The first kappa shape index (κ1) is 26.3. The highest BCUT2D eigenvalue weighted by Gasteiger charge is 2.18. The SMILES string of the molecule is C=Cc1cc(CC(=C)C(=O)OCC)cnc1NC(=O)OC(C)(C)C.CCNCC. The zero-order chi connectivity index (χ0) is 22.4. The fourth-order valence-electron chi connectivity index (χ4n) is 2.09. The molecule has 162 valence electrons. The first-order valence-corrected chi connectivity index (χ1v) is 9.74. The quantitative estimate of drug-likeness (QED) is 0.494. The van der Waals surface area contributed by atoms with Gasteiger partial charge in [0.05, 0.1) is 6.61 Å². The van der Waals surface area contributed by atoms with E-state index in [4.69, 9.17) is 9.47 Å². The Morgan fingerprint density at radius 3 is 2.28 bits per heavy atom. The summed E-state index contributed by atoms with van der Waals surface area (Å²) in [6.45, 7) is 21.2. The number of aromatic nitrogens is 1. The van der Waals surface area contributed by atoms with Crippen LogP contribution in [0.5, 0.6) is 0 Å². The topological polar surface area (TPSA) is 89.5 Å². The number of anilines is 1. The predicted octanol–water partition coefficient (Wildman–Crippen LogP) is 4.35. The van der Waals surface area contributed by atoms with Crippen LogP contribution in [0.15, 0.2) is 31.0 Å². The van der Waals surface area contributed by atoms with Crippen LogP contribution >= 0.6 is 0 Å². The van der Waals surface area contributed by atoms with Crippen molar-refractivity contribution in [2.45, 2.75) is 53.6 Å². The van der Waals surface area contributed by atoms with Crippen LogP contribution in [0, 0.1) is 0 Å². The zero-order valence-electron chi connectivity index (χ0n) is 18.6. The lowest BCUT2D eigenvalue weighted by Crippen LogP contribution is -2.27. The maximum atomic E-state index is 11.8. The lowest BCUT2D eigenvalue weighted by atomic mass is 10.1. The highest BCUT2D eigenvalue weighted by atomic mass is 16.6. The van der Waals surface area contributed by atoms with Crippen molar-refractivity contribution in [3.05, 3.63) is 42.1 Å². The number of nitrogens with one attached hydrogen (secondary N) is 2. The molecule has 0 spiro atoms. The molecule has 0 radical (unpaired) electrons. The second-order valence-corrected chi connectivity index (χ2v) is 7.07. The van der Waals surface area contributed by atoms with Crippen molar-refractivity contribution in [1.29, 1.82) is 0 Å². The summed E-state index contributed by atoms with van der Waals surface area (Å²) in [5, 5.41) is 5.70. The normalized spacial score (nSPS) is 10.3. The molecule has 0 saturated heterocycles. The van der Waals surface area contributed by atoms with E-state index in [1.54, 1.807) is 46.0 Å². The number of hydrogen-bond donors (Lipinski definition) is 2. The van der Waals surface area contributed by atoms with Crippen molar-refractivity contribution in [1.82, 2.24) is 10.3 Å². The summed E-state index contributed by atoms with van der Waals surface area (Å²) >= 11 is 0. The van der Waals surface area contributed by atoms with Crippen LogP contribution in [0.1, 0.15) is 52.7 Å². The Morgan fingerprint density at radius 2 is 1.83 bits per heavy atom. The molecule has 1 aromatic heterocycles. The van der Waals surface area contributed by atoms with Gasteiger partial charge in [-0.25, -0.2) is 14.6 Å². The Balaban J connectivity index is 0.00000139. The van der Waals surface area contributed by atoms with E-state index < -0.39 is 17.7 Å². The van der Waals surface area contributed by atoms with Gasteiger partial charge in [0.15, 0.2) is 0 Å². The monoisotopic (exact) mass is 405 g/mol. The van der Waals surface area contributed by atoms with Crippen LogP contribution < -0.4 is 10.6 Å². The number of pyridine rings is 1. The number of amides is 1. The largest absolute Gasteiger partial charge is 0.463 e. The van der Waals surface area contributed by atoms with Gasteiger partial charge >= 0.3 is 12.1 Å². The predicted molar refractivity (Wildman–Crippen MR) is 118 cm³/mol. The van der Waals surface area contributed by atoms with E-state index in [1.807, 2.05) is 0 Å². The Hall–Kier alpha value is -2.67. The molecular formula is C22H35N3O4. The Morgan fingerprint density at radius 1 is 1.21 bits per heavy atom. The first-order valence-electron chi connectivity index (χ1n) is 9.74. The summed E-state index contributed by atoms with van der Waals surface area (Å²) in [4.78, 5) is 27.6. The summed E-state index contributed by atoms with van der Waals surface area (Å²) in [7, 11) is 0. The number of esters is 1. The smallest absolute Gasteiger partial charge is 0.413 e. The minimum absolute atomic E-state index is 0.298. The van der Waals surface area contributed by atoms with Crippen LogP contribution in [0.25, 0.3) is 6.08 Å². The fraction of sp³-hybridized carbons (Fsp3) is 0.500. The Kier molecular flexibility index (Phi) is 12.3. The summed E-state index contributed by atoms with van der Waals surface area (Å²) in [5.74, 6) is -0.0987. The molecule has 0 aromatic carbocycles. The van der Waals surface area contributed by atoms with Gasteiger partial charge in [0.25, 0.3) is 0 Å². The third kappa shape index (κ3) is 11.7. The van der Waals surface area contributed by atoms with Gasteiger partial charge in [-0.05, 0) is 52.4 Å². The van der Waals surface area contributed by atoms with Gasteiger partial charge in [-0.3, -0.25) is 5.32 Å². The van der Waals surface area contributed by atoms with Gasteiger partial charge in [0.2, 0.25) is 0 Å². The maximum Gasteiger partial charge on any atom is 0.413 e. The number of rotatable bonds is 8. The van der Waals surface area contributed by atoms with Crippen LogP contribution in [0.2, 0.25) is 0 Å². The average molecular weight is 406 g/mol. The maximum absolute atomic E-state index is 11.8. The van der Waals surface area contributed by atoms with E-state index in [-0.39, 0.29) is 0 Å². The lowest BCUT2D eigenvalue weighted by molar-refractivity contribution is -0.138. The molecule has 0 atom stereocenters. The van der Waals surface area contributed by atoms with Crippen molar-refractivity contribution in [2.24, 2.45) is 0 Å². The van der Waals surface area contributed by atoms with E-state index in [2.05, 4.69) is 42.6 Å². The van der Waals surface area contributed by atoms with E-state index >= 15 is 0 Å². The molecular weight excluding hydrogens is 370 g/mol. The highest BCUT2D eigenvalue weighted by Crippen LogP contribution is 2.19. The molecule has 29 heavy (non-hydrogen) atoms. The molecule has 0 aliphatic carbocycles. The summed E-state index contributed by atoms with van der Waals surface area (Å²) in [6, 6.07) is 1.77. The molecule has 1 rings (SSSR count). The fourth-order valence-corrected chi connectivity index (χ4v) is 2.09. The number of nitrogens with zero attached hydrogens (tertiary/aromatic N) is 1. The Bertz CT molecular complexity index is 692. The van der Waals surface area contributed by atoms with E-state index in [0.29, 0.717) is 30.0 Å². The second kappa shape index (κ2) is 13.5. The number of ether oxygens (including phenoxy) is 2. The van der Waals surface area contributed by atoms with Crippen LogP contribution in [-0.4, -0.2) is 42.3 Å². The van der Waals surface area contributed by atoms with Gasteiger partial charge in [0.1, 0.15) is 11.4 Å². The lowest BCUT2D eigenvalue weighted by Gasteiger charge is -2.20. The molecule has 2 N–H and O–H groups in total. The second-order valence-electron chi connectivity index (χ2n) is 7.07. The van der Waals surface area contributed by atoms with Crippen molar-refractivity contribution in [2.75, 3.05) is 25.0 Å². The van der Waals surface area contributed by atoms with Gasteiger partial charge < -0.3 is 14.8 Å². The van der Waals surface area contributed by atoms with Crippen molar-refractivity contribution in [3.8, 4) is 0 Å². The van der Waals surface area contributed by atoms with Crippen molar-refractivity contribution >= 4 is 24.0 Å². The molecule has 0 aliphatic heterocycles. The van der Waals surface area contributed by atoms with Gasteiger partial charge in [-0.15, -0.1) is 0 Å². The third-order valence-electron chi connectivity index (χ3n) is 3.29. The number of carbonyl (C=O) groups is 2. The van der Waals surface area contributed by atoms with E-state index in [1.165, 1.54) is 0 Å². The third-order valence-corrected chi connectivity index (χ3v) is 3.29. The molecule has 0 bridgehead atoms. The number of carbonyl (C=O) groups excluding carboxylic acids is 2. The molecule has 1 heterocycles. The van der Waals surface area contributed by atoms with Crippen LogP contribution in [0.3, 0.4) is 0 Å². The molecule has 1 aromatic rings. The van der Waals surface area contributed by atoms with Gasteiger partial charge in [-0.1, -0.05) is 33.1 Å². The highest BCUT2D eigenvalue weighted by molar-refractivity contribution is 5.88. The first-order chi connectivity index (χ1) is 13.6. The average Bonchev–Trinajstić information content (AvgIpc) is 2.62. The molecule has 0 unspecified atom stereocenters. The molecule has 0 aliphatic rings.